The molecule has 1 atom stereocenters. The number of rotatable bonds is 4. The van der Waals surface area contributed by atoms with Crippen LogP contribution in [0.4, 0.5) is 13.2 Å². The number of hydrogen-bond donors (Lipinski definition) is 1. The highest BCUT2D eigenvalue weighted by Crippen LogP contribution is 2.34. The summed E-state index contributed by atoms with van der Waals surface area (Å²) in [5.41, 5.74) is 1.78. The number of hydrogen-bond acceptors (Lipinski definition) is 3. The zero-order valence-corrected chi connectivity index (χ0v) is 15.3. The Morgan fingerprint density at radius 1 is 1.08 bits per heavy atom. The molecule has 0 unspecified atom stereocenters. The average Bonchev–Trinajstić information content (AvgIpc) is 2.55. The van der Waals surface area contributed by atoms with Crippen LogP contribution in [-0.4, -0.2) is 42.2 Å². The Morgan fingerprint density at radius 3 is 2.44 bits per heavy atom. The van der Waals surface area contributed by atoms with Gasteiger partial charge in [0.05, 0.1) is 5.52 Å². The summed E-state index contributed by atoms with van der Waals surface area (Å²) in [5, 5.41) is 4.20. The SMILES string of the molecule is Cl.Cl.FC(F)(F)CC[C@H](c1ccnc2ccccc12)N1CCNCC1. The second kappa shape index (κ2) is 9.57. The van der Waals surface area contributed by atoms with E-state index in [2.05, 4.69) is 15.2 Å². The molecule has 25 heavy (non-hydrogen) atoms. The maximum absolute atomic E-state index is 12.8. The van der Waals surface area contributed by atoms with E-state index in [4.69, 9.17) is 0 Å². The van der Waals surface area contributed by atoms with E-state index in [1.807, 2.05) is 30.3 Å². The van der Waals surface area contributed by atoms with Gasteiger partial charge in [0.25, 0.3) is 0 Å². The highest BCUT2D eigenvalue weighted by atomic mass is 35.5. The summed E-state index contributed by atoms with van der Waals surface area (Å²) in [4.78, 5) is 6.48. The van der Waals surface area contributed by atoms with Gasteiger partial charge in [-0.25, -0.2) is 0 Å². The summed E-state index contributed by atoms with van der Waals surface area (Å²) in [6.45, 7) is 3.15. The van der Waals surface area contributed by atoms with Crippen molar-refractivity contribution in [3.63, 3.8) is 0 Å². The molecule has 3 rings (SSSR count). The van der Waals surface area contributed by atoms with Crippen LogP contribution in [0, 0.1) is 0 Å². The third-order valence-corrected chi connectivity index (χ3v) is 4.34. The first kappa shape index (κ1) is 22.0. The summed E-state index contributed by atoms with van der Waals surface area (Å²) in [6, 6.07) is 9.29. The third-order valence-electron chi connectivity index (χ3n) is 4.34. The third kappa shape index (κ3) is 5.71. The number of nitrogens with zero attached hydrogens (tertiary/aromatic N) is 2. The van der Waals surface area contributed by atoms with Gasteiger partial charge in [0.1, 0.15) is 0 Å². The van der Waals surface area contributed by atoms with Crippen LogP contribution in [0.1, 0.15) is 24.4 Å². The van der Waals surface area contributed by atoms with E-state index >= 15 is 0 Å². The number of benzene rings is 1. The minimum atomic E-state index is -4.13. The Bertz CT molecular complexity index is 656. The van der Waals surface area contributed by atoms with E-state index in [1.165, 1.54) is 0 Å². The lowest BCUT2D eigenvalue weighted by Crippen LogP contribution is -2.45. The Morgan fingerprint density at radius 2 is 1.76 bits per heavy atom. The van der Waals surface area contributed by atoms with Gasteiger partial charge in [-0.1, -0.05) is 18.2 Å². The fourth-order valence-corrected chi connectivity index (χ4v) is 3.24. The largest absolute Gasteiger partial charge is 0.389 e. The van der Waals surface area contributed by atoms with Crippen LogP contribution in [0.2, 0.25) is 0 Å². The van der Waals surface area contributed by atoms with E-state index < -0.39 is 12.6 Å². The standard InChI is InChI=1S/C17H20F3N3.2ClH/c18-17(19,20)7-5-16(23-11-9-21-10-12-23)14-6-8-22-15-4-2-1-3-13(14)15;;/h1-4,6,8,16,21H,5,7,9-12H2;2*1H/t16-;;/m1../s1. The number of nitrogens with one attached hydrogen (secondary N) is 1. The molecule has 8 heteroatoms. The number of pyridine rings is 1. The second-order valence-electron chi connectivity index (χ2n) is 5.87. The predicted molar refractivity (Wildman–Crippen MR) is 98.7 cm³/mol. The van der Waals surface area contributed by atoms with E-state index in [1.54, 1.807) is 6.20 Å². The summed E-state index contributed by atoms with van der Waals surface area (Å²) >= 11 is 0. The van der Waals surface area contributed by atoms with Gasteiger partial charge in [-0.05, 0) is 24.1 Å². The molecule has 1 aliphatic heterocycles. The predicted octanol–water partition coefficient (Wildman–Crippen LogP) is 4.37. The smallest absolute Gasteiger partial charge is 0.314 e. The van der Waals surface area contributed by atoms with Crippen molar-refractivity contribution >= 4 is 35.7 Å². The number of fused-ring (bicyclic) bond motifs is 1. The first-order valence-electron chi connectivity index (χ1n) is 7.90. The maximum atomic E-state index is 12.8. The van der Waals surface area contributed by atoms with Gasteiger partial charge < -0.3 is 5.32 Å². The molecule has 0 bridgehead atoms. The van der Waals surface area contributed by atoms with Crippen molar-refractivity contribution in [2.24, 2.45) is 0 Å². The van der Waals surface area contributed by atoms with E-state index in [-0.39, 0.29) is 37.3 Å². The molecule has 1 saturated heterocycles. The number of para-hydroxylation sites is 1. The van der Waals surface area contributed by atoms with E-state index in [9.17, 15) is 13.2 Å². The number of piperazine rings is 1. The Hall–Kier alpha value is -1.08. The van der Waals surface area contributed by atoms with Crippen LogP contribution in [0.3, 0.4) is 0 Å². The minimum absolute atomic E-state index is 0. The fraction of sp³-hybridized carbons (Fsp3) is 0.471. The van der Waals surface area contributed by atoms with Crippen LogP contribution in [0.5, 0.6) is 0 Å². The molecule has 1 N–H and O–H groups in total. The van der Waals surface area contributed by atoms with Crippen LogP contribution < -0.4 is 5.32 Å². The van der Waals surface area contributed by atoms with Crippen molar-refractivity contribution in [3.05, 3.63) is 42.1 Å². The van der Waals surface area contributed by atoms with Gasteiger partial charge in [0.2, 0.25) is 0 Å². The molecule has 140 valence electrons. The fourth-order valence-electron chi connectivity index (χ4n) is 3.24. The molecular weight excluding hydrogens is 374 g/mol. The Labute approximate surface area is 157 Å². The van der Waals surface area contributed by atoms with Gasteiger partial charge in [-0.2, -0.15) is 13.2 Å². The highest BCUT2D eigenvalue weighted by molar-refractivity contribution is 5.85. The van der Waals surface area contributed by atoms with E-state index in [0.29, 0.717) is 0 Å². The van der Waals surface area contributed by atoms with E-state index in [0.717, 1.165) is 42.6 Å². The average molecular weight is 396 g/mol. The van der Waals surface area contributed by atoms with Gasteiger partial charge in [-0.15, -0.1) is 24.8 Å². The number of aromatic nitrogens is 1. The number of halogens is 5. The minimum Gasteiger partial charge on any atom is -0.314 e. The summed E-state index contributed by atoms with van der Waals surface area (Å²) in [6.07, 6.45) is -3.12. The lowest BCUT2D eigenvalue weighted by Gasteiger charge is -2.36. The normalized spacial score (nSPS) is 16.8. The van der Waals surface area contributed by atoms with Gasteiger partial charge >= 0.3 is 6.18 Å². The summed E-state index contributed by atoms with van der Waals surface area (Å²) in [5.74, 6) is 0. The van der Waals surface area contributed by atoms with Crippen molar-refractivity contribution in [1.29, 1.82) is 0 Å². The van der Waals surface area contributed by atoms with Gasteiger partial charge in [0.15, 0.2) is 0 Å². The topological polar surface area (TPSA) is 28.2 Å². The lowest BCUT2D eigenvalue weighted by molar-refractivity contribution is -0.138. The molecule has 0 amide bonds. The molecule has 1 fully saturated rings. The summed E-state index contributed by atoms with van der Waals surface area (Å²) < 4.78 is 38.3. The highest BCUT2D eigenvalue weighted by Gasteiger charge is 2.31. The second-order valence-corrected chi connectivity index (χ2v) is 5.87. The molecule has 3 nitrogen and oxygen atoms in total. The Balaban J connectivity index is 0.00000156. The maximum Gasteiger partial charge on any atom is 0.389 e. The first-order valence-corrected chi connectivity index (χ1v) is 7.90. The molecular formula is C17H22Cl2F3N3. The molecule has 0 saturated carbocycles. The van der Waals surface area contributed by atoms with Crippen LogP contribution in [0.15, 0.2) is 36.5 Å². The molecule has 2 aromatic rings. The Kier molecular flexibility index (Phi) is 8.41. The van der Waals surface area contributed by atoms with Crippen LogP contribution in [0.25, 0.3) is 10.9 Å². The molecule has 0 aliphatic carbocycles. The molecule has 1 aromatic heterocycles. The molecule has 1 aromatic carbocycles. The van der Waals surface area contributed by atoms with Crippen molar-refractivity contribution in [3.8, 4) is 0 Å². The zero-order chi connectivity index (χ0) is 16.3. The monoisotopic (exact) mass is 395 g/mol. The van der Waals surface area contributed by atoms with Crippen molar-refractivity contribution in [2.45, 2.75) is 25.1 Å². The molecule has 0 spiro atoms. The van der Waals surface area contributed by atoms with Gasteiger partial charge in [-0.3, -0.25) is 9.88 Å². The van der Waals surface area contributed by atoms with Gasteiger partial charge in [0, 0.05) is 50.2 Å². The first-order chi connectivity index (χ1) is 11.0. The van der Waals surface area contributed by atoms with Crippen molar-refractivity contribution in [1.82, 2.24) is 15.2 Å². The zero-order valence-electron chi connectivity index (χ0n) is 13.6. The summed E-state index contributed by atoms with van der Waals surface area (Å²) in [7, 11) is 0. The number of alkyl halides is 3. The van der Waals surface area contributed by atoms with Crippen LogP contribution in [-0.2, 0) is 0 Å². The molecule has 1 aliphatic rings. The quantitative estimate of drug-likeness (QED) is 0.832. The molecule has 0 radical (unpaired) electrons. The van der Waals surface area contributed by atoms with Crippen LogP contribution >= 0.6 is 24.8 Å². The van der Waals surface area contributed by atoms with Crippen molar-refractivity contribution < 1.29 is 13.2 Å². The lowest BCUT2D eigenvalue weighted by atomic mass is 9.96. The molecule has 2 heterocycles. The van der Waals surface area contributed by atoms with Crippen molar-refractivity contribution in [2.75, 3.05) is 26.2 Å².